The molecule has 60 heavy (non-hydrogen) atoms. The molecule has 5 rings (SSSR count). The molecule has 322 valence electrons. The first kappa shape index (κ1) is 45.8. The standard InChI is InChI=1S/C48H62N4O7S/c1-6-7-8-9-10-11-12-13-14-15-16-17-18-22-31-59-39-27-25-37(26-28-39)45-44(42(53)32-34(2)47(45)54)36(4)60(56,57)40-29-30-43(58-5)41(33-40)49-50-46-35(3)51-52(48(46)55)38-23-20-19-21-24-38/h19-21,23-30,32-33,36,46,53-54H,6-18,22,31H2,1-5H3/t36-,46-/m0/s1. The van der Waals surface area contributed by atoms with E-state index in [4.69, 9.17) is 9.47 Å². The summed E-state index contributed by atoms with van der Waals surface area (Å²) in [4.78, 5) is 13.1. The van der Waals surface area contributed by atoms with Crippen LogP contribution in [0.15, 0.2) is 99.1 Å². The summed E-state index contributed by atoms with van der Waals surface area (Å²) < 4.78 is 40.2. The van der Waals surface area contributed by atoms with Crippen LogP contribution in [0.1, 0.15) is 127 Å². The first-order chi connectivity index (χ1) is 29.0. The summed E-state index contributed by atoms with van der Waals surface area (Å²) >= 11 is 0. The van der Waals surface area contributed by atoms with Crippen LogP contribution in [-0.4, -0.2) is 50.0 Å². The highest BCUT2D eigenvalue weighted by Gasteiger charge is 2.35. The smallest absolute Gasteiger partial charge is 0.280 e. The molecule has 4 aromatic carbocycles. The van der Waals surface area contributed by atoms with Gasteiger partial charge in [0.1, 0.15) is 28.7 Å². The largest absolute Gasteiger partial charge is 0.508 e. The fourth-order valence-electron chi connectivity index (χ4n) is 7.56. The van der Waals surface area contributed by atoms with Gasteiger partial charge in [0, 0.05) is 11.1 Å². The number of rotatable bonds is 24. The van der Waals surface area contributed by atoms with Gasteiger partial charge in [0.15, 0.2) is 15.9 Å². The van der Waals surface area contributed by atoms with Gasteiger partial charge in [0.05, 0.1) is 35.3 Å². The van der Waals surface area contributed by atoms with E-state index >= 15 is 0 Å². The van der Waals surface area contributed by atoms with Crippen LogP contribution in [0.3, 0.4) is 0 Å². The maximum absolute atomic E-state index is 14.3. The number of hydrogen-bond donors (Lipinski definition) is 2. The number of carbonyl (C=O) groups excluding carboxylic acids is 1. The lowest BCUT2D eigenvalue weighted by molar-refractivity contribution is -0.117. The molecule has 0 bridgehead atoms. The quantitative estimate of drug-likeness (QED) is 0.0405. The number of unbranched alkanes of at least 4 members (excludes halogenated alkanes) is 13. The first-order valence-electron chi connectivity index (χ1n) is 21.5. The Morgan fingerprint density at radius 3 is 2.00 bits per heavy atom. The number of aromatic hydroxyl groups is 2. The Morgan fingerprint density at radius 1 is 0.800 bits per heavy atom. The molecule has 0 unspecified atom stereocenters. The van der Waals surface area contributed by atoms with E-state index in [9.17, 15) is 23.4 Å². The summed E-state index contributed by atoms with van der Waals surface area (Å²) in [5, 5.41) is 35.5. The number of azo groups is 1. The molecule has 0 spiro atoms. The van der Waals surface area contributed by atoms with Crippen molar-refractivity contribution in [2.24, 2.45) is 15.3 Å². The molecule has 0 radical (unpaired) electrons. The number of sulfone groups is 1. The van der Waals surface area contributed by atoms with Crippen molar-refractivity contribution in [2.45, 2.75) is 134 Å². The fourth-order valence-corrected chi connectivity index (χ4v) is 9.05. The average molecular weight is 839 g/mol. The number of ether oxygens (including phenoxy) is 2. The molecule has 2 N–H and O–H groups in total. The highest BCUT2D eigenvalue weighted by molar-refractivity contribution is 7.91. The molecule has 0 saturated carbocycles. The predicted octanol–water partition coefficient (Wildman–Crippen LogP) is 12.4. The van der Waals surface area contributed by atoms with Gasteiger partial charge in [-0.2, -0.15) is 20.3 Å². The van der Waals surface area contributed by atoms with Crippen LogP contribution in [0, 0.1) is 6.92 Å². The zero-order chi connectivity index (χ0) is 43.1. The number of para-hydroxylation sites is 1. The van der Waals surface area contributed by atoms with E-state index < -0.39 is 27.0 Å². The van der Waals surface area contributed by atoms with E-state index in [1.165, 1.54) is 120 Å². The zero-order valence-corrected chi connectivity index (χ0v) is 36.7. The van der Waals surface area contributed by atoms with Crippen LogP contribution in [0.5, 0.6) is 23.0 Å². The molecule has 1 heterocycles. The Hall–Kier alpha value is -5.23. The highest BCUT2D eigenvalue weighted by atomic mass is 32.2. The van der Waals surface area contributed by atoms with Crippen LogP contribution in [0.2, 0.25) is 0 Å². The second-order valence-corrected chi connectivity index (χ2v) is 18.0. The minimum Gasteiger partial charge on any atom is -0.508 e. The number of phenols is 2. The second kappa shape index (κ2) is 22.4. The second-order valence-electron chi connectivity index (χ2n) is 15.7. The topological polar surface area (TPSA) is 150 Å². The maximum atomic E-state index is 14.3. The molecule has 1 amide bonds. The Morgan fingerprint density at radius 2 is 1.40 bits per heavy atom. The van der Waals surface area contributed by atoms with Crippen molar-refractivity contribution in [3.63, 3.8) is 0 Å². The van der Waals surface area contributed by atoms with Gasteiger partial charge >= 0.3 is 0 Å². The van der Waals surface area contributed by atoms with Gasteiger partial charge in [-0.15, -0.1) is 0 Å². The monoisotopic (exact) mass is 838 g/mol. The van der Waals surface area contributed by atoms with E-state index in [0.29, 0.717) is 34.9 Å². The lowest BCUT2D eigenvalue weighted by Crippen LogP contribution is -2.29. The first-order valence-corrected chi connectivity index (χ1v) is 23.1. The molecular formula is C48H62N4O7S. The molecule has 0 saturated heterocycles. The molecular weight excluding hydrogens is 777 g/mol. The normalized spacial score (nSPS) is 14.8. The van der Waals surface area contributed by atoms with Gasteiger partial charge < -0.3 is 19.7 Å². The summed E-state index contributed by atoms with van der Waals surface area (Å²) in [6.07, 6.45) is 18.0. The number of nitrogens with zero attached hydrogens (tertiary/aromatic N) is 4. The van der Waals surface area contributed by atoms with E-state index in [2.05, 4.69) is 22.3 Å². The number of aryl methyl sites for hydroxylation is 1. The molecule has 2 atom stereocenters. The fraction of sp³-hybridized carbons (Fsp3) is 0.458. The van der Waals surface area contributed by atoms with E-state index in [-0.39, 0.29) is 39.0 Å². The van der Waals surface area contributed by atoms with Crippen molar-refractivity contribution in [3.05, 3.63) is 90.0 Å². The predicted molar refractivity (Wildman–Crippen MR) is 240 cm³/mol. The van der Waals surface area contributed by atoms with Crippen molar-refractivity contribution in [2.75, 3.05) is 18.7 Å². The van der Waals surface area contributed by atoms with Gasteiger partial charge in [-0.1, -0.05) is 121 Å². The number of hydrazone groups is 1. The van der Waals surface area contributed by atoms with Crippen LogP contribution >= 0.6 is 0 Å². The number of anilines is 1. The van der Waals surface area contributed by atoms with Gasteiger partial charge in [-0.25, -0.2) is 8.42 Å². The number of hydrogen-bond acceptors (Lipinski definition) is 10. The van der Waals surface area contributed by atoms with Gasteiger partial charge in [-0.3, -0.25) is 4.79 Å². The Kier molecular flexibility index (Phi) is 17.1. The Balaban J connectivity index is 1.22. The lowest BCUT2D eigenvalue weighted by atomic mass is 9.93. The Bertz CT molecular complexity index is 2190. The van der Waals surface area contributed by atoms with Crippen LogP contribution in [0.25, 0.3) is 11.1 Å². The van der Waals surface area contributed by atoms with Gasteiger partial charge in [-0.05, 0) is 86.8 Å². The van der Waals surface area contributed by atoms with Crippen molar-refractivity contribution >= 4 is 32.8 Å². The van der Waals surface area contributed by atoms with Crippen LogP contribution in [-0.2, 0) is 14.6 Å². The minimum absolute atomic E-state index is 0.0533. The summed E-state index contributed by atoms with van der Waals surface area (Å²) in [6.45, 7) is 7.64. The SMILES string of the molecule is CCCCCCCCCCCCCCCCOc1ccc(-c2c(O)c(C)cc(O)c2[C@H](C)S(=O)(=O)c2ccc(OC)c(N=N[C@@H]3C(=O)N(c4ccccc4)N=C3C)c2)cc1. The van der Waals surface area contributed by atoms with Crippen molar-refractivity contribution < 1.29 is 32.9 Å². The van der Waals surface area contributed by atoms with Crippen molar-refractivity contribution in [1.82, 2.24) is 0 Å². The third kappa shape index (κ3) is 11.7. The molecule has 1 aliphatic rings. The lowest BCUT2D eigenvalue weighted by Gasteiger charge is -2.21. The molecule has 0 fully saturated rings. The number of phenolic OH excluding ortho intramolecular Hbond substituents is 2. The van der Waals surface area contributed by atoms with Crippen LogP contribution < -0.4 is 14.5 Å². The number of methoxy groups -OCH3 is 1. The molecule has 11 nitrogen and oxygen atoms in total. The van der Waals surface area contributed by atoms with E-state index in [0.717, 1.165) is 12.8 Å². The maximum Gasteiger partial charge on any atom is 0.280 e. The zero-order valence-electron chi connectivity index (χ0n) is 35.9. The average Bonchev–Trinajstić information content (AvgIpc) is 3.54. The molecule has 0 aromatic heterocycles. The number of amides is 1. The summed E-state index contributed by atoms with van der Waals surface area (Å²) in [5.74, 6) is 0.118. The van der Waals surface area contributed by atoms with Gasteiger partial charge in [0.2, 0.25) is 0 Å². The third-order valence-corrected chi connectivity index (χ3v) is 13.2. The third-order valence-electron chi connectivity index (χ3n) is 11.1. The molecule has 12 heteroatoms. The highest BCUT2D eigenvalue weighted by Crippen LogP contribution is 2.47. The minimum atomic E-state index is -4.22. The molecule has 1 aliphatic heterocycles. The van der Waals surface area contributed by atoms with Gasteiger partial charge in [0.25, 0.3) is 5.91 Å². The summed E-state index contributed by atoms with van der Waals surface area (Å²) in [6, 6.07) is 20.6. The van der Waals surface area contributed by atoms with Crippen LogP contribution in [0.4, 0.5) is 11.4 Å². The molecule has 4 aromatic rings. The number of carbonyl (C=O) groups is 1. The Labute approximate surface area is 356 Å². The molecule has 0 aliphatic carbocycles. The summed E-state index contributed by atoms with van der Waals surface area (Å²) in [5.41, 5.74) is 2.29. The van der Waals surface area contributed by atoms with E-state index in [1.807, 2.05) is 6.07 Å². The van der Waals surface area contributed by atoms with Crippen molar-refractivity contribution in [3.8, 4) is 34.1 Å². The summed E-state index contributed by atoms with van der Waals surface area (Å²) in [7, 11) is -2.80. The van der Waals surface area contributed by atoms with E-state index in [1.54, 1.807) is 62.4 Å². The number of benzene rings is 4. The van der Waals surface area contributed by atoms with Crippen molar-refractivity contribution in [1.29, 1.82) is 0 Å².